The molecule has 4 heteroatoms. The van der Waals surface area contributed by atoms with E-state index in [2.05, 4.69) is 60.8 Å². The lowest BCUT2D eigenvalue weighted by Crippen LogP contribution is -2.35. The summed E-state index contributed by atoms with van der Waals surface area (Å²) < 4.78 is 0. The average molecular weight is 334 g/mol. The van der Waals surface area contributed by atoms with Crippen molar-refractivity contribution in [2.45, 2.75) is 53.0 Å². The van der Waals surface area contributed by atoms with Crippen LogP contribution in [0.15, 0.2) is 24.5 Å². The molecule has 1 aliphatic carbocycles. The molecule has 3 heterocycles. The van der Waals surface area contributed by atoms with Gasteiger partial charge in [-0.15, -0.1) is 0 Å². The molecule has 2 aliphatic rings. The van der Waals surface area contributed by atoms with Crippen LogP contribution < -0.4 is 4.90 Å². The van der Waals surface area contributed by atoms with E-state index in [0.717, 1.165) is 28.9 Å². The number of benzene rings is 1. The molecule has 1 saturated heterocycles. The lowest BCUT2D eigenvalue weighted by atomic mass is 9.65. The standard InChI is InChI=1S/C21H26N4/c1-13-5-6-16-15(7-13)17-18(24-16)19(23-12-22-17)25-11-21(4)9-14(25)8-20(2,3)10-21/h5-7,12,14,24H,8-11H2,1-4H3/t14-,21+/m0/s1. The predicted octanol–water partition coefficient (Wildman–Crippen LogP) is 4.82. The molecule has 1 aliphatic heterocycles. The molecule has 130 valence electrons. The number of aromatic nitrogens is 3. The molecule has 0 amide bonds. The summed E-state index contributed by atoms with van der Waals surface area (Å²) in [5.41, 5.74) is 5.37. The van der Waals surface area contributed by atoms with Crippen LogP contribution >= 0.6 is 0 Å². The molecule has 25 heavy (non-hydrogen) atoms. The minimum absolute atomic E-state index is 0.395. The number of nitrogens with one attached hydrogen (secondary N) is 1. The molecular weight excluding hydrogens is 308 g/mol. The van der Waals surface area contributed by atoms with Crippen molar-refractivity contribution >= 4 is 27.8 Å². The number of anilines is 1. The average Bonchev–Trinajstić information content (AvgIpc) is 3.00. The molecule has 3 aromatic rings. The van der Waals surface area contributed by atoms with Crippen molar-refractivity contribution in [2.75, 3.05) is 11.4 Å². The molecular formula is C21H26N4. The Kier molecular flexibility index (Phi) is 2.88. The van der Waals surface area contributed by atoms with E-state index < -0.39 is 0 Å². The van der Waals surface area contributed by atoms with Crippen molar-refractivity contribution in [3.05, 3.63) is 30.1 Å². The van der Waals surface area contributed by atoms with Gasteiger partial charge >= 0.3 is 0 Å². The van der Waals surface area contributed by atoms with Gasteiger partial charge in [-0.3, -0.25) is 0 Å². The van der Waals surface area contributed by atoms with E-state index in [1.807, 2.05) is 0 Å². The van der Waals surface area contributed by atoms with E-state index in [4.69, 9.17) is 4.98 Å². The monoisotopic (exact) mass is 334 g/mol. The molecule has 2 fully saturated rings. The highest BCUT2D eigenvalue weighted by atomic mass is 15.3. The summed E-state index contributed by atoms with van der Waals surface area (Å²) in [7, 11) is 0. The first kappa shape index (κ1) is 15.2. The van der Waals surface area contributed by atoms with Gasteiger partial charge < -0.3 is 9.88 Å². The van der Waals surface area contributed by atoms with Crippen LogP contribution in [0, 0.1) is 17.8 Å². The number of fused-ring (bicyclic) bond motifs is 5. The Morgan fingerprint density at radius 1 is 1.16 bits per heavy atom. The Hall–Kier alpha value is -2.10. The summed E-state index contributed by atoms with van der Waals surface area (Å²) in [6, 6.07) is 7.11. The van der Waals surface area contributed by atoms with Crippen LogP contribution in [0.3, 0.4) is 0 Å². The number of nitrogens with zero attached hydrogens (tertiary/aromatic N) is 3. The lowest BCUT2D eigenvalue weighted by molar-refractivity contribution is 0.136. The van der Waals surface area contributed by atoms with Gasteiger partial charge in [-0.05, 0) is 49.1 Å². The zero-order valence-corrected chi connectivity index (χ0v) is 15.6. The van der Waals surface area contributed by atoms with Gasteiger partial charge in [0.15, 0.2) is 5.82 Å². The Morgan fingerprint density at radius 3 is 2.84 bits per heavy atom. The Bertz CT molecular complexity index is 986. The quantitative estimate of drug-likeness (QED) is 0.693. The van der Waals surface area contributed by atoms with Crippen LogP contribution in [-0.2, 0) is 0 Å². The van der Waals surface area contributed by atoms with Gasteiger partial charge in [0.1, 0.15) is 17.4 Å². The SMILES string of the molecule is Cc1ccc2[nH]c3c(N4C[C@]5(C)C[C@@H]4CC(C)(C)C5)ncnc3c2c1. The fraction of sp³-hybridized carbons (Fsp3) is 0.524. The van der Waals surface area contributed by atoms with Gasteiger partial charge in [0.2, 0.25) is 0 Å². The van der Waals surface area contributed by atoms with E-state index in [1.165, 1.54) is 30.2 Å². The topological polar surface area (TPSA) is 44.8 Å². The lowest BCUT2D eigenvalue weighted by Gasteiger charge is -2.39. The van der Waals surface area contributed by atoms with Gasteiger partial charge in [0.05, 0.1) is 0 Å². The molecule has 2 bridgehead atoms. The molecule has 5 rings (SSSR count). The second-order valence-corrected chi connectivity index (χ2v) is 9.44. The Morgan fingerprint density at radius 2 is 2.00 bits per heavy atom. The highest BCUT2D eigenvalue weighted by molar-refractivity contribution is 6.08. The third-order valence-electron chi connectivity index (χ3n) is 6.20. The fourth-order valence-electron chi connectivity index (χ4n) is 5.72. The van der Waals surface area contributed by atoms with Gasteiger partial charge in [-0.2, -0.15) is 0 Å². The highest BCUT2D eigenvalue weighted by Gasteiger charge is 2.50. The largest absolute Gasteiger partial charge is 0.351 e. The van der Waals surface area contributed by atoms with Crippen LogP contribution in [0.1, 0.15) is 45.6 Å². The number of aryl methyl sites for hydroxylation is 1. The summed E-state index contributed by atoms with van der Waals surface area (Å²) in [5.74, 6) is 1.09. The first-order valence-electron chi connectivity index (χ1n) is 9.33. The molecule has 0 spiro atoms. The number of hydrogen-bond donors (Lipinski definition) is 1. The van der Waals surface area contributed by atoms with Crippen molar-refractivity contribution in [1.82, 2.24) is 15.0 Å². The van der Waals surface area contributed by atoms with Crippen LogP contribution in [0.5, 0.6) is 0 Å². The van der Waals surface area contributed by atoms with Gasteiger partial charge in [-0.1, -0.05) is 32.4 Å². The summed E-state index contributed by atoms with van der Waals surface area (Å²) in [5, 5.41) is 1.20. The van der Waals surface area contributed by atoms with E-state index in [9.17, 15) is 0 Å². The maximum atomic E-state index is 4.73. The normalized spacial score (nSPS) is 28.2. The van der Waals surface area contributed by atoms with Crippen LogP contribution in [0.25, 0.3) is 21.9 Å². The van der Waals surface area contributed by atoms with Gasteiger partial charge in [0, 0.05) is 23.5 Å². The van der Waals surface area contributed by atoms with Crippen LogP contribution in [-0.4, -0.2) is 27.5 Å². The minimum atomic E-state index is 0.395. The molecule has 2 atom stereocenters. The number of H-pyrrole nitrogens is 1. The summed E-state index contributed by atoms with van der Waals surface area (Å²) >= 11 is 0. The summed E-state index contributed by atoms with van der Waals surface area (Å²) in [6.45, 7) is 10.5. The zero-order valence-electron chi connectivity index (χ0n) is 15.6. The molecule has 4 nitrogen and oxygen atoms in total. The van der Waals surface area contributed by atoms with Gasteiger partial charge in [0.25, 0.3) is 0 Å². The Labute approximate surface area is 148 Å². The maximum Gasteiger partial charge on any atom is 0.156 e. The predicted molar refractivity (Wildman–Crippen MR) is 103 cm³/mol. The third-order valence-corrected chi connectivity index (χ3v) is 6.20. The van der Waals surface area contributed by atoms with E-state index >= 15 is 0 Å². The van der Waals surface area contributed by atoms with E-state index in [-0.39, 0.29) is 0 Å². The van der Waals surface area contributed by atoms with Crippen molar-refractivity contribution in [2.24, 2.45) is 10.8 Å². The van der Waals surface area contributed by atoms with Gasteiger partial charge in [-0.25, -0.2) is 9.97 Å². The Balaban J connectivity index is 1.68. The van der Waals surface area contributed by atoms with Crippen molar-refractivity contribution in [3.63, 3.8) is 0 Å². The second kappa shape index (κ2) is 4.75. The third kappa shape index (κ3) is 2.26. The number of rotatable bonds is 1. The maximum absolute atomic E-state index is 4.73. The number of hydrogen-bond acceptors (Lipinski definition) is 3. The smallest absolute Gasteiger partial charge is 0.156 e. The van der Waals surface area contributed by atoms with Crippen LogP contribution in [0.2, 0.25) is 0 Å². The number of aromatic amines is 1. The summed E-state index contributed by atoms with van der Waals surface area (Å²) in [6.07, 6.45) is 5.56. The zero-order chi connectivity index (χ0) is 17.4. The molecule has 1 aromatic carbocycles. The first-order chi connectivity index (χ1) is 11.8. The molecule has 1 N–H and O–H groups in total. The molecule has 0 unspecified atom stereocenters. The van der Waals surface area contributed by atoms with Crippen molar-refractivity contribution in [1.29, 1.82) is 0 Å². The van der Waals surface area contributed by atoms with E-state index in [1.54, 1.807) is 6.33 Å². The highest BCUT2D eigenvalue weighted by Crippen LogP contribution is 2.53. The van der Waals surface area contributed by atoms with Crippen molar-refractivity contribution < 1.29 is 0 Å². The molecule has 0 radical (unpaired) electrons. The minimum Gasteiger partial charge on any atom is -0.351 e. The van der Waals surface area contributed by atoms with Crippen molar-refractivity contribution in [3.8, 4) is 0 Å². The summed E-state index contributed by atoms with van der Waals surface area (Å²) in [4.78, 5) is 15.5. The molecule has 2 aromatic heterocycles. The first-order valence-corrected chi connectivity index (χ1v) is 9.33. The molecule has 1 saturated carbocycles. The second-order valence-electron chi connectivity index (χ2n) is 9.44. The van der Waals surface area contributed by atoms with Crippen LogP contribution in [0.4, 0.5) is 5.82 Å². The van der Waals surface area contributed by atoms with E-state index in [0.29, 0.717) is 16.9 Å². The fourth-order valence-corrected chi connectivity index (χ4v) is 5.72.